The predicted octanol–water partition coefficient (Wildman–Crippen LogP) is 3.32. The first-order valence-electron chi connectivity index (χ1n) is 7.79. The topological polar surface area (TPSA) is 66.3 Å². The molecule has 5 nitrogen and oxygen atoms in total. The number of carboxylic acids is 1. The normalized spacial score (nSPS) is 10.8. The SMILES string of the molecule is Cc1cc(N(C)CCc2ccncc2)c2cc(C(=O)O)ccc2n1. The second kappa shape index (κ2) is 6.66. The molecule has 2 heterocycles. The van der Waals surface area contributed by atoms with Crippen molar-refractivity contribution in [3.8, 4) is 0 Å². The van der Waals surface area contributed by atoms with Crippen LogP contribution in [-0.2, 0) is 6.42 Å². The van der Waals surface area contributed by atoms with Gasteiger partial charge in [-0.3, -0.25) is 9.97 Å². The standard InChI is InChI=1S/C19H19N3O2/c1-13-11-18(22(2)10-7-14-5-8-20-9-6-14)16-12-15(19(23)24)3-4-17(16)21-13/h3-6,8-9,11-12H,7,10H2,1-2H3,(H,23,24). The summed E-state index contributed by atoms with van der Waals surface area (Å²) in [5.41, 5.74) is 4.21. The fourth-order valence-electron chi connectivity index (χ4n) is 2.75. The number of hydrogen-bond acceptors (Lipinski definition) is 4. The van der Waals surface area contributed by atoms with E-state index in [0.29, 0.717) is 0 Å². The summed E-state index contributed by atoms with van der Waals surface area (Å²) in [6, 6.07) is 11.1. The van der Waals surface area contributed by atoms with Crippen LogP contribution in [0.3, 0.4) is 0 Å². The van der Waals surface area contributed by atoms with E-state index >= 15 is 0 Å². The van der Waals surface area contributed by atoms with Gasteiger partial charge < -0.3 is 10.0 Å². The number of rotatable bonds is 5. The van der Waals surface area contributed by atoms with E-state index in [-0.39, 0.29) is 5.56 Å². The summed E-state index contributed by atoms with van der Waals surface area (Å²) in [6.07, 6.45) is 4.47. The lowest BCUT2D eigenvalue weighted by Crippen LogP contribution is -2.21. The number of aromatic nitrogens is 2. The fourth-order valence-corrected chi connectivity index (χ4v) is 2.75. The summed E-state index contributed by atoms with van der Waals surface area (Å²) in [5, 5.41) is 10.1. The van der Waals surface area contributed by atoms with E-state index in [1.807, 2.05) is 32.2 Å². The first-order chi connectivity index (χ1) is 11.5. The Kier molecular flexibility index (Phi) is 4.42. The first-order valence-corrected chi connectivity index (χ1v) is 7.79. The van der Waals surface area contributed by atoms with Crippen LogP contribution in [0.2, 0.25) is 0 Å². The third kappa shape index (κ3) is 3.35. The van der Waals surface area contributed by atoms with Gasteiger partial charge in [0.15, 0.2) is 0 Å². The molecule has 0 aliphatic heterocycles. The molecule has 2 aromatic heterocycles. The molecule has 0 radical (unpaired) electrons. The van der Waals surface area contributed by atoms with Crippen molar-refractivity contribution in [2.24, 2.45) is 0 Å². The van der Waals surface area contributed by atoms with Crippen molar-refractivity contribution in [1.82, 2.24) is 9.97 Å². The van der Waals surface area contributed by atoms with Gasteiger partial charge in [-0.1, -0.05) is 0 Å². The number of nitrogens with zero attached hydrogens (tertiary/aromatic N) is 3. The number of pyridine rings is 2. The molecule has 0 bridgehead atoms. The monoisotopic (exact) mass is 321 g/mol. The van der Waals surface area contributed by atoms with Gasteiger partial charge in [-0.2, -0.15) is 0 Å². The average Bonchev–Trinajstić information content (AvgIpc) is 2.59. The predicted molar refractivity (Wildman–Crippen MR) is 94.7 cm³/mol. The molecule has 0 atom stereocenters. The smallest absolute Gasteiger partial charge is 0.335 e. The molecule has 0 spiro atoms. The number of anilines is 1. The maximum absolute atomic E-state index is 11.3. The van der Waals surface area contributed by atoms with Crippen LogP contribution in [0, 0.1) is 6.92 Å². The van der Waals surface area contributed by atoms with Crippen LogP contribution in [0.1, 0.15) is 21.6 Å². The van der Waals surface area contributed by atoms with Crippen LogP contribution in [0.5, 0.6) is 0 Å². The van der Waals surface area contributed by atoms with E-state index in [1.54, 1.807) is 30.6 Å². The highest BCUT2D eigenvalue weighted by Gasteiger charge is 2.12. The second-order valence-corrected chi connectivity index (χ2v) is 5.85. The van der Waals surface area contributed by atoms with Crippen molar-refractivity contribution in [2.75, 3.05) is 18.5 Å². The van der Waals surface area contributed by atoms with Crippen LogP contribution < -0.4 is 4.90 Å². The molecular weight excluding hydrogens is 302 g/mol. The largest absolute Gasteiger partial charge is 0.478 e. The Labute approximate surface area is 140 Å². The highest BCUT2D eigenvalue weighted by Crippen LogP contribution is 2.27. The highest BCUT2D eigenvalue weighted by atomic mass is 16.4. The molecule has 122 valence electrons. The highest BCUT2D eigenvalue weighted by molar-refractivity contribution is 5.98. The van der Waals surface area contributed by atoms with E-state index < -0.39 is 5.97 Å². The lowest BCUT2D eigenvalue weighted by molar-refractivity contribution is 0.0697. The minimum Gasteiger partial charge on any atom is -0.478 e. The Bertz CT molecular complexity index is 878. The molecule has 0 fully saturated rings. The Balaban J connectivity index is 1.94. The van der Waals surface area contributed by atoms with Gasteiger partial charge in [-0.05, 0) is 55.3 Å². The van der Waals surface area contributed by atoms with Crippen molar-refractivity contribution >= 4 is 22.6 Å². The molecule has 0 unspecified atom stereocenters. The minimum absolute atomic E-state index is 0.275. The third-order valence-corrected chi connectivity index (χ3v) is 4.06. The number of carbonyl (C=O) groups is 1. The number of aryl methyl sites for hydroxylation is 1. The average molecular weight is 321 g/mol. The summed E-state index contributed by atoms with van der Waals surface area (Å²) < 4.78 is 0. The van der Waals surface area contributed by atoms with Crippen molar-refractivity contribution in [2.45, 2.75) is 13.3 Å². The number of fused-ring (bicyclic) bond motifs is 1. The number of carboxylic acid groups (broad SMARTS) is 1. The number of likely N-dealkylation sites (N-methyl/N-ethyl adjacent to an activating group) is 1. The van der Waals surface area contributed by atoms with Gasteiger partial charge in [0, 0.05) is 42.8 Å². The maximum atomic E-state index is 11.3. The lowest BCUT2D eigenvalue weighted by atomic mass is 10.1. The molecular formula is C19H19N3O2. The van der Waals surface area contributed by atoms with Crippen molar-refractivity contribution in [3.63, 3.8) is 0 Å². The molecule has 3 rings (SSSR count). The van der Waals surface area contributed by atoms with Crippen LogP contribution in [0.4, 0.5) is 5.69 Å². The molecule has 0 aliphatic rings. The number of benzene rings is 1. The maximum Gasteiger partial charge on any atom is 0.335 e. The van der Waals surface area contributed by atoms with Crippen molar-refractivity contribution in [3.05, 3.63) is 65.6 Å². The molecule has 3 aromatic rings. The summed E-state index contributed by atoms with van der Waals surface area (Å²) in [4.78, 5) is 21.9. The number of hydrogen-bond donors (Lipinski definition) is 1. The van der Waals surface area contributed by atoms with E-state index in [9.17, 15) is 9.90 Å². The minimum atomic E-state index is -0.928. The van der Waals surface area contributed by atoms with Crippen molar-refractivity contribution in [1.29, 1.82) is 0 Å². The Morgan fingerprint density at radius 1 is 1.17 bits per heavy atom. The Morgan fingerprint density at radius 2 is 1.92 bits per heavy atom. The molecule has 0 saturated carbocycles. The van der Waals surface area contributed by atoms with E-state index in [1.165, 1.54) is 5.56 Å². The Morgan fingerprint density at radius 3 is 2.62 bits per heavy atom. The molecule has 1 N–H and O–H groups in total. The van der Waals surface area contributed by atoms with Gasteiger partial charge in [-0.15, -0.1) is 0 Å². The van der Waals surface area contributed by atoms with Gasteiger partial charge in [-0.25, -0.2) is 4.79 Å². The lowest BCUT2D eigenvalue weighted by Gasteiger charge is -2.22. The second-order valence-electron chi connectivity index (χ2n) is 5.85. The third-order valence-electron chi connectivity index (χ3n) is 4.06. The van der Waals surface area contributed by atoms with Gasteiger partial charge in [0.05, 0.1) is 11.1 Å². The van der Waals surface area contributed by atoms with E-state index in [4.69, 9.17) is 0 Å². The summed E-state index contributed by atoms with van der Waals surface area (Å²) in [7, 11) is 2.02. The van der Waals surface area contributed by atoms with Crippen LogP contribution in [-0.4, -0.2) is 34.6 Å². The molecule has 0 amide bonds. The Hall–Kier alpha value is -2.95. The number of aromatic carboxylic acids is 1. The van der Waals surface area contributed by atoms with Gasteiger partial charge >= 0.3 is 5.97 Å². The zero-order chi connectivity index (χ0) is 17.1. The molecule has 5 heteroatoms. The molecule has 24 heavy (non-hydrogen) atoms. The van der Waals surface area contributed by atoms with Gasteiger partial charge in [0.25, 0.3) is 0 Å². The zero-order valence-electron chi connectivity index (χ0n) is 13.7. The van der Waals surface area contributed by atoms with E-state index in [0.717, 1.165) is 35.2 Å². The van der Waals surface area contributed by atoms with Crippen molar-refractivity contribution < 1.29 is 9.90 Å². The molecule has 0 saturated heterocycles. The van der Waals surface area contributed by atoms with E-state index in [2.05, 4.69) is 14.9 Å². The summed E-state index contributed by atoms with van der Waals surface area (Å²) in [5.74, 6) is -0.928. The summed E-state index contributed by atoms with van der Waals surface area (Å²) >= 11 is 0. The van der Waals surface area contributed by atoms with Crippen LogP contribution >= 0.6 is 0 Å². The van der Waals surface area contributed by atoms with Gasteiger partial charge in [0.1, 0.15) is 0 Å². The summed E-state index contributed by atoms with van der Waals surface area (Å²) in [6.45, 7) is 2.77. The quantitative estimate of drug-likeness (QED) is 0.781. The molecule has 0 aliphatic carbocycles. The van der Waals surface area contributed by atoms with Gasteiger partial charge in [0.2, 0.25) is 0 Å². The molecule has 1 aromatic carbocycles. The van der Waals surface area contributed by atoms with Crippen LogP contribution in [0.25, 0.3) is 10.9 Å². The fraction of sp³-hybridized carbons (Fsp3) is 0.211. The first kappa shape index (κ1) is 15.9. The zero-order valence-corrected chi connectivity index (χ0v) is 13.7. The van der Waals surface area contributed by atoms with Crippen LogP contribution in [0.15, 0.2) is 48.8 Å².